The largest absolute Gasteiger partial charge is 0.497 e. The second kappa shape index (κ2) is 5.57. The zero-order valence-corrected chi connectivity index (χ0v) is 13.2. The van der Waals surface area contributed by atoms with Crippen LogP contribution in [-0.4, -0.2) is 32.5 Å². The Morgan fingerprint density at radius 3 is 2.70 bits per heavy atom. The Morgan fingerprint density at radius 2 is 2.09 bits per heavy atom. The molecule has 1 atom stereocenters. The van der Waals surface area contributed by atoms with Crippen molar-refractivity contribution >= 4 is 5.97 Å². The van der Waals surface area contributed by atoms with Crippen molar-refractivity contribution in [2.24, 2.45) is 0 Å². The van der Waals surface area contributed by atoms with Crippen LogP contribution in [0.3, 0.4) is 0 Å². The molecule has 0 amide bonds. The molecule has 122 valence electrons. The number of hydrogen-bond acceptors (Lipinski definition) is 4. The fourth-order valence-corrected chi connectivity index (χ4v) is 3.02. The number of carbonyl (C=O) groups is 1. The third-order valence-corrected chi connectivity index (χ3v) is 4.42. The summed E-state index contributed by atoms with van der Waals surface area (Å²) < 4.78 is 7.78. The zero-order valence-electron chi connectivity index (χ0n) is 13.2. The minimum absolute atomic E-state index is 0.304. The van der Waals surface area contributed by atoms with Gasteiger partial charge in [-0.15, -0.1) is 0 Å². The number of aromatic nitrogens is 3. The maximum atomic E-state index is 12.6. The van der Waals surface area contributed by atoms with E-state index in [2.05, 4.69) is 5.10 Å². The summed E-state index contributed by atoms with van der Waals surface area (Å²) >= 11 is 0. The molecule has 0 spiro atoms. The maximum absolute atomic E-state index is 12.6. The summed E-state index contributed by atoms with van der Waals surface area (Å²) in [7, 11) is 1.59. The van der Waals surface area contributed by atoms with Crippen molar-refractivity contribution in [2.75, 3.05) is 7.11 Å². The molecule has 1 unspecified atom stereocenters. The van der Waals surface area contributed by atoms with Crippen LogP contribution in [0.4, 0.5) is 0 Å². The second-order valence-corrected chi connectivity index (χ2v) is 5.97. The van der Waals surface area contributed by atoms with E-state index in [1.807, 2.05) is 24.3 Å². The van der Waals surface area contributed by atoms with E-state index in [0.29, 0.717) is 31.6 Å². The second-order valence-electron chi connectivity index (χ2n) is 5.97. The van der Waals surface area contributed by atoms with Gasteiger partial charge in [0.05, 0.1) is 13.7 Å². The van der Waals surface area contributed by atoms with Gasteiger partial charge in [0.1, 0.15) is 17.1 Å². The molecular weight excluding hydrogens is 298 g/mol. The van der Waals surface area contributed by atoms with Crippen LogP contribution in [-0.2, 0) is 23.3 Å². The summed E-state index contributed by atoms with van der Waals surface area (Å²) in [5.41, 5.74) is -0.691. The van der Waals surface area contributed by atoms with Crippen molar-refractivity contribution in [3.63, 3.8) is 0 Å². The predicted octanol–water partition coefficient (Wildman–Crippen LogP) is 1.24. The number of fused-ring (bicyclic) bond motifs is 1. The zero-order chi connectivity index (χ0) is 16.6. The Morgan fingerprint density at radius 1 is 1.39 bits per heavy atom. The third kappa shape index (κ3) is 2.52. The molecule has 2 heterocycles. The molecule has 0 saturated carbocycles. The van der Waals surface area contributed by atoms with Gasteiger partial charge in [0.25, 0.3) is 0 Å². The first kappa shape index (κ1) is 15.3. The number of carboxylic acid groups (broad SMARTS) is 1. The Bertz CT molecular complexity index is 791. The van der Waals surface area contributed by atoms with E-state index in [9.17, 15) is 14.7 Å². The molecule has 1 aliphatic rings. The SMILES string of the molecule is COc1ccc(Cn2nc3n(c2=O)C(C)(C(=O)O)CCC3)cc1. The number of carboxylic acids is 1. The van der Waals surface area contributed by atoms with Gasteiger partial charge in [-0.05, 0) is 37.5 Å². The number of methoxy groups -OCH3 is 1. The minimum atomic E-state index is -1.22. The van der Waals surface area contributed by atoms with Gasteiger partial charge in [0.2, 0.25) is 0 Å². The molecule has 0 saturated heterocycles. The molecule has 1 aliphatic heterocycles. The lowest BCUT2D eigenvalue weighted by Gasteiger charge is -2.30. The number of aryl methyl sites for hydroxylation is 1. The van der Waals surface area contributed by atoms with E-state index in [-0.39, 0.29) is 5.69 Å². The van der Waals surface area contributed by atoms with E-state index in [1.54, 1.807) is 14.0 Å². The van der Waals surface area contributed by atoms with Crippen molar-refractivity contribution in [1.82, 2.24) is 14.3 Å². The molecule has 1 aromatic heterocycles. The fourth-order valence-electron chi connectivity index (χ4n) is 3.02. The fraction of sp³-hybridized carbons (Fsp3) is 0.438. The molecule has 1 aromatic carbocycles. The van der Waals surface area contributed by atoms with Crippen molar-refractivity contribution in [2.45, 2.75) is 38.3 Å². The van der Waals surface area contributed by atoms with Gasteiger partial charge < -0.3 is 9.84 Å². The summed E-state index contributed by atoms with van der Waals surface area (Å²) in [4.78, 5) is 24.3. The van der Waals surface area contributed by atoms with E-state index < -0.39 is 11.5 Å². The average Bonchev–Trinajstić information content (AvgIpc) is 2.85. The van der Waals surface area contributed by atoms with Crippen molar-refractivity contribution in [3.05, 3.63) is 46.1 Å². The smallest absolute Gasteiger partial charge is 0.347 e. The highest BCUT2D eigenvalue weighted by molar-refractivity contribution is 5.76. The summed E-state index contributed by atoms with van der Waals surface area (Å²) in [6, 6.07) is 7.36. The van der Waals surface area contributed by atoms with Crippen molar-refractivity contribution < 1.29 is 14.6 Å². The molecule has 0 bridgehead atoms. The van der Waals surface area contributed by atoms with E-state index in [1.165, 1.54) is 9.25 Å². The number of nitrogens with zero attached hydrogens (tertiary/aromatic N) is 3. The highest BCUT2D eigenvalue weighted by Gasteiger charge is 2.41. The lowest BCUT2D eigenvalue weighted by atomic mass is 9.91. The summed E-state index contributed by atoms with van der Waals surface area (Å²) in [6.07, 6.45) is 1.76. The maximum Gasteiger partial charge on any atom is 0.347 e. The number of benzene rings is 1. The molecule has 0 aliphatic carbocycles. The van der Waals surface area contributed by atoms with E-state index >= 15 is 0 Å². The monoisotopic (exact) mass is 317 g/mol. The van der Waals surface area contributed by atoms with Crippen LogP contribution < -0.4 is 10.4 Å². The van der Waals surface area contributed by atoms with Crippen LogP contribution >= 0.6 is 0 Å². The van der Waals surface area contributed by atoms with Crippen LogP contribution in [0.1, 0.15) is 31.2 Å². The van der Waals surface area contributed by atoms with Gasteiger partial charge in [-0.1, -0.05) is 12.1 Å². The Kier molecular flexibility index (Phi) is 3.71. The van der Waals surface area contributed by atoms with Crippen molar-refractivity contribution in [3.8, 4) is 5.75 Å². The molecule has 1 N–H and O–H groups in total. The number of rotatable bonds is 4. The highest BCUT2D eigenvalue weighted by Crippen LogP contribution is 2.28. The molecule has 7 heteroatoms. The quantitative estimate of drug-likeness (QED) is 0.917. The summed E-state index contributed by atoms with van der Waals surface area (Å²) in [5.74, 6) is 0.285. The van der Waals surface area contributed by atoms with E-state index in [4.69, 9.17) is 4.74 Å². The lowest BCUT2D eigenvalue weighted by molar-refractivity contribution is -0.147. The highest BCUT2D eigenvalue weighted by atomic mass is 16.5. The summed E-state index contributed by atoms with van der Waals surface area (Å²) in [6.45, 7) is 1.89. The molecule has 2 aromatic rings. The average molecular weight is 317 g/mol. The Balaban J connectivity index is 1.98. The van der Waals surface area contributed by atoms with Crippen LogP contribution in [0.5, 0.6) is 5.75 Å². The first-order chi connectivity index (χ1) is 11.0. The van der Waals surface area contributed by atoms with Gasteiger partial charge in [-0.25, -0.2) is 14.3 Å². The molecule has 7 nitrogen and oxygen atoms in total. The van der Waals surface area contributed by atoms with Gasteiger partial charge in [-0.2, -0.15) is 5.10 Å². The number of hydrogen-bond donors (Lipinski definition) is 1. The molecule has 0 fully saturated rings. The molecule has 3 rings (SSSR count). The normalized spacial score (nSPS) is 20.1. The van der Waals surface area contributed by atoms with E-state index in [0.717, 1.165) is 11.3 Å². The van der Waals surface area contributed by atoms with Gasteiger partial charge in [0.15, 0.2) is 0 Å². The first-order valence-corrected chi connectivity index (χ1v) is 7.51. The van der Waals surface area contributed by atoms with Gasteiger partial charge >= 0.3 is 11.7 Å². The van der Waals surface area contributed by atoms with Crippen LogP contribution in [0.2, 0.25) is 0 Å². The van der Waals surface area contributed by atoms with Crippen molar-refractivity contribution in [1.29, 1.82) is 0 Å². The lowest BCUT2D eigenvalue weighted by Crippen LogP contribution is -2.48. The number of ether oxygens (including phenoxy) is 1. The third-order valence-electron chi connectivity index (χ3n) is 4.42. The first-order valence-electron chi connectivity index (χ1n) is 7.51. The van der Waals surface area contributed by atoms with Crippen LogP contribution in [0.25, 0.3) is 0 Å². The topological polar surface area (TPSA) is 86.4 Å². The molecule has 23 heavy (non-hydrogen) atoms. The molecule has 0 radical (unpaired) electrons. The molecular formula is C16H19N3O4. The van der Waals surface area contributed by atoms with Gasteiger partial charge in [-0.3, -0.25) is 4.57 Å². The predicted molar refractivity (Wildman–Crippen MR) is 82.8 cm³/mol. The minimum Gasteiger partial charge on any atom is -0.497 e. The Hall–Kier alpha value is -2.57. The van der Waals surface area contributed by atoms with Gasteiger partial charge in [0, 0.05) is 6.42 Å². The Labute approximate surface area is 133 Å². The summed E-state index contributed by atoms with van der Waals surface area (Å²) in [5, 5.41) is 13.9. The van der Waals surface area contributed by atoms with Crippen LogP contribution in [0, 0.1) is 0 Å². The standard InChI is InChI=1S/C16H19N3O4/c1-16(14(20)21)9-3-4-13-17-18(15(22)19(13)16)10-11-5-7-12(23-2)8-6-11/h5-8H,3-4,9-10H2,1-2H3,(H,20,21). The van der Waals surface area contributed by atoms with Crippen LogP contribution in [0.15, 0.2) is 29.1 Å². The number of aliphatic carboxylic acids is 1.